The van der Waals surface area contributed by atoms with E-state index in [1.54, 1.807) is 0 Å². The molecule has 2 rings (SSSR count). The molecule has 1 aliphatic carbocycles. The fourth-order valence-electron chi connectivity index (χ4n) is 2.53. The quantitative estimate of drug-likeness (QED) is 0.881. The summed E-state index contributed by atoms with van der Waals surface area (Å²) in [6, 6.07) is 8.25. The van der Waals surface area contributed by atoms with Crippen molar-refractivity contribution in [3.8, 4) is 0 Å². The molecular weight excluding hydrogens is 234 g/mol. The summed E-state index contributed by atoms with van der Waals surface area (Å²) in [5.41, 5.74) is 8.22. The van der Waals surface area contributed by atoms with Crippen molar-refractivity contribution < 1.29 is 4.79 Å². The van der Waals surface area contributed by atoms with Crippen LogP contribution in [-0.4, -0.2) is 11.8 Å². The van der Waals surface area contributed by atoms with E-state index >= 15 is 0 Å². The van der Waals surface area contributed by atoms with E-state index in [1.807, 2.05) is 19.1 Å². The van der Waals surface area contributed by atoms with Gasteiger partial charge in [0.05, 0.1) is 0 Å². The molecule has 1 aliphatic rings. The van der Waals surface area contributed by atoms with Crippen molar-refractivity contribution in [1.82, 2.24) is 0 Å². The first-order chi connectivity index (χ1) is 7.54. The maximum absolute atomic E-state index is 11.9. The second-order valence-corrected chi connectivity index (χ2v) is 5.09. The van der Waals surface area contributed by atoms with E-state index < -0.39 is 0 Å². The van der Waals surface area contributed by atoms with E-state index in [4.69, 9.17) is 5.73 Å². The molecule has 0 heterocycles. The van der Waals surface area contributed by atoms with E-state index in [-0.39, 0.29) is 23.9 Å². The van der Waals surface area contributed by atoms with Crippen LogP contribution in [0.25, 0.3) is 0 Å². The Kier molecular flexibility index (Phi) is 4.34. The molecule has 17 heavy (non-hydrogen) atoms. The lowest BCUT2D eigenvalue weighted by atomic mass is 9.77. The van der Waals surface area contributed by atoms with E-state index in [2.05, 4.69) is 19.1 Å². The minimum Gasteiger partial charge on any atom is -0.327 e. The Morgan fingerprint density at radius 3 is 2.59 bits per heavy atom. The average molecular weight is 254 g/mol. The lowest BCUT2D eigenvalue weighted by Gasteiger charge is -2.28. The molecule has 0 amide bonds. The zero-order chi connectivity index (χ0) is 11.8. The molecule has 94 valence electrons. The lowest BCUT2D eigenvalue weighted by molar-refractivity contribution is -0.125. The molecule has 3 heteroatoms. The standard InChI is InChI=1S/C14H19NO.ClH/c1-10-5-3-4-6-11(10)9-14(2)12(15)7-8-13(14)16;/h3-6,12H,7-9,15H2,1-2H3;1H/t12-,14-;/m1./s1. The molecule has 1 aromatic rings. The highest BCUT2D eigenvalue weighted by atomic mass is 35.5. The molecule has 0 bridgehead atoms. The number of carbonyl (C=O) groups excluding carboxylic acids is 1. The van der Waals surface area contributed by atoms with Gasteiger partial charge in [0.25, 0.3) is 0 Å². The highest BCUT2D eigenvalue weighted by molar-refractivity contribution is 5.88. The van der Waals surface area contributed by atoms with Crippen molar-refractivity contribution in [2.45, 2.75) is 39.2 Å². The zero-order valence-corrected chi connectivity index (χ0v) is 11.2. The minimum absolute atomic E-state index is 0. The number of halogens is 1. The summed E-state index contributed by atoms with van der Waals surface area (Å²) in [6.07, 6.45) is 2.25. The third-order valence-electron chi connectivity index (χ3n) is 3.96. The molecule has 0 radical (unpaired) electrons. The molecule has 0 unspecified atom stereocenters. The molecule has 0 spiro atoms. The smallest absolute Gasteiger partial charge is 0.140 e. The van der Waals surface area contributed by atoms with E-state index in [9.17, 15) is 4.79 Å². The summed E-state index contributed by atoms with van der Waals surface area (Å²) in [6.45, 7) is 4.10. The van der Waals surface area contributed by atoms with Gasteiger partial charge in [0.2, 0.25) is 0 Å². The van der Waals surface area contributed by atoms with Gasteiger partial charge in [-0.25, -0.2) is 0 Å². The molecule has 0 aliphatic heterocycles. The molecule has 2 N–H and O–H groups in total. The van der Waals surface area contributed by atoms with Crippen molar-refractivity contribution in [2.75, 3.05) is 0 Å². The minimum atomic E-state index is -0.355. The highest BCUT2D eigenvalue weighted by Crippen LogP contribution is 2.37. The molecule has 1 fully saturated rings. The van der Waals surface area contributed by atoms with Crippen LogP contribution in [0.3, 0.4) is 0 Å². The number of benzene rings is 1. The van der Waals surface area contributed by atoms with E-state index in [1.165, 1.54) is 11.1 Å². The normalized spacial score (nSPS) is 27.9. The molecule has 2 nitrogen and oxygen atoms in total. The summed E-state index contributed by atoms with van der Waals surface area (Å²) >= 11 is 0. The Morgan fingerprint density at radius 2 is 2.06 bits per heavy atom. The molecular formula is C14H20ClNO. The summed E-state index contributed by atoms with van der Waals surface area (Å²) in [4.78, 5) is 11.9. The van der Waals surface area contributed by atoms with Crippen LogP contribution in [0.5, 0.6) is 0 Å². The van der Waals surface area contributed by atoms with Gasteiger partial charge in [-0.15, -0.1) is 12.4 Å². The van der Waals surface area contributed by atoms with Crippen LogP contribution in [0.4, 0.5) is 0 Å². The SMILES string of the molecule is Cc1ccccc1C[C@@]1(C)C(=O)CC[C@H]1N.Cl. The monoisotopic (exact) mass is 253 g/mol. The van der Waals surface area contributed by atoms with Gasteiger partial charge < -0.3 is 5.73 Å². The Labute approximate surface area is 109 Å². The van der Waals surface area contributed by atoms with Crippen LogP contribution in [0.2, 0.25) is 0 Å². The van der Waals surface area contributed by atoms with Gasteiger partial charge in [-0.1, -0.05) is 31.2 Å². The van der Waals surface area contributed by atoms with Crippen LogP contribution in [0.15, 0.2) is 24.3 Å². The molecule has 0 saturated heterocycles. The maximum Gasteiger partial charge on any atom is 0.140 e. The zero-order valence-electron chi connectivity index (χ0n) is 10.4. The third-order valence-corrected chi connectivity index (χ3v) is 3.96. The van der Waals surface area contributed by atoms with Crippen LogP contribution < -0.4 is 5.73 Å². The molecule has 0 aromatic heterocycles. The molecule has 1 aromatic carbocycles. The first kappa shape index (κ1) is 14.2. The van der Waals surface area contributed by atoms with Crippen LogP contribution >= 0.6 is 12.4 Å². The van der Waals surface area contributed by atoms with Crippen LogP contribution in [0, 0.1) is 12.3 Å². The highest BCUT2D eigenvalue weighted by Gasteiger charge is 2.43. The number of aryl methyl sites for hydroxylation is 1. The largest absolute Gasteiger partial charge is 0.327 e. The number of hydrogen-bond donors (Lipinski definition) is 1. The second-order valence-electron chi connectivity index (χ2n) is 5.09. The number of hydrogen-bond acceptors (Lipinski definition) is 2. The van der Waals surface area contributed by atoms with Crippen molar-refractivity contribution in [1.29, 1.82) is 0 Å². The van der Waals surface area contributed by atoms with Crippen LogP contribution in [0.1, 0.15) is 30.9 Å². The van der Waals surface area contributed by atoms with Gasteiger partial charge in [0, 0.05) is 17.9 Å². The Bertz CT molecular complexity index is 418. The van der Waals surface area contributed by atoms with Gasteiger partial charge in [-0.3, -0.25) is 4.79 Å². The summed E-state index contributed by atoms with van der Waals surface area (Å²) in [5, 5.41) is 0. The van der Waals surface area contributed by atoms with Gasteiger partial charge in [0.15, 0.2) is 0 Å². The Balaban J connectivity index is 0.00000144. The van der Waals surface area contributed by atoms with Crippen molar-refractivity contribution in [2.24, 2.45) is 11.1 Å². The molecule has 1 saturated carbocycles. The number of carbonyl (C=O) groups is 1. The molecule has 2 atom stereocenters. The Hall–Kier alpha value is -0.860. The lowest BCUT2D eigenvalue weighted by Crippen LogP contribution is -2.40. The Morgan fingerprint density at radius 1 is 1.41 bits per heavy atom. The fourth-order valence-corrected chi connectivity index (χ4v) is 2.53. The number of rotatable bonds is 2. The third kappa shape index (κ3) is 2.53. The van der Waals surface area contributed by atoms with Gasteiger partial charge in [-0.05, 0) is 30.9 Å². The number of Topliss-reactive ketones (excluding diaryl/α,β-unsaturated/α-hetero) is 1. The first-order valence-electron chi connectivity index (χ1n) is 5.87. The number of nitrogens with two attached hydrogens (primary N) is 1. The van der Waals surface area contributed by atoms with Gasteiger partial charge in [-0.2, -0.15) is 0 Å². The topological polar surface area (TPSA) is 43.1 Å². The van der Waals surface area contributed by atoms with Crippen LogP contribution in [-0.2, 0) is 11.2 Å². The summed E-state index contributed by atoms with van der Waals surface area (Å²) in [7, 11) is 0. The first-order valence-corrected chi connectivity index (χ1v) is 5.87. The predicted molar refractivity (Wildman–Crippen MR) is 72.5 cm³/mol. The maximum atomic E-state index is 11.9. The average Bonchev–Trinajstić information content (AvgIpc) is 2.50. The second kappa shape index (κ2) is 5.19. The van der Waals surface area contributed by atoms with Crippen molar-refractivity contribution >= 4 is 18.2 Å². The fraction of sp³-hybridized carbons (Fsp3) is 0.500. The van der Waals surface area contributed by atoms with Crippen molar-refractivity contribution in [3.05, 3.63) is 35.4 Å². The summed E-state index contributed by atoms with van der Waals surface area (Å²) < 4.78 is 0. The van der Waals surface area contributed by atoms with Crippen molar-refractivity contribution in [3.63, 3.8) is 0 Å². The predicted octanol–water partition coefficient (Wildman–Crippen LogP) is 2.66. The van der Waals surface area contributed by atoms with E-state index in [0.717, 1.165) is 12.8 Å². The number of ketones is 1. The summed E-state index contributed by atoms with van der Waals surface area (Å²) in [5.74, 6) is 0.322. The van der Waals surface area contributed by atoms with E-state index in [0.29, 0.717) is 12.2 Å². The van der Waals surface area contributed by atoms with Gasteiger partial charge in [0.1, 0.15) is 5.78 Å². The van der Waals surface area contributed by atoms with Gasteiger partial charge >= 0.3 is 0 Å².